The second kappa shape index (κ2) is 9.69. The van der Waals surface area contributed by atoms with Gasteiger partial charge in [0.15, 0.2) is 0 Å². The van der Waals surface area contributed by atoms with Gasteiger partial charge in [-0.05, 0) is 67.6 Å². The molecule has 0 spiro atoms. The predicted octanol–water partition coefficient (Wildman–Crippen LogP) is 12.8. The number of furan rings is 2. The van der Waals surface area contributed by atoms with Crippen molar-refractivity contribution in [3.63, 3.8) is 0 Å². The van der Waals surface area contributed by atoms with Gasteiger partial charge in [-0.2, -0.15) is 0 Å². The summed E-state index contributed by atoms with van der Waals surface area (Å²) in [5.41, 5.74) is 10.7. The van der Waals surface area contributed by atoms with Crippen molar-refractivity contribution >= 4 is 65.4 Å². The quantitative estimate of drug-likeness (QED) is 0.193. The molecule has 0 amide bonds. The summed E-state index contributed by atoms with van der Waals surface area (Å²) in [5.74, 6) is 0. The van der Waals surface area contributed by atoms with Gasteiger partial charge in [-0.15, -0.1) is 0 Å². The Balaban J connectivity index is 1.33. The lowest BCUT2D eigenvalue weighted by Crippen LogP contribution is -1.93. The molecule has 2 nitrogen and oxygen atoms in total. The fraction of sp³-hybridized carbons (Fsp3) is 0. The van der Waals surface area contributed by atoms with E-state index in [1.54, 1.807) is 0 Å². The number of para-hydroxylation sites is 3. The van der Waals surface area contributed by atoms with Crippen LogP contribution in [0.25, 0.3) is 98.8 Å². The van der Waals surface area contributed by atoms with Gasteiger partial charge >= 0.3 is 0 Å². The lowest BCUT2D eigenvalue weighted by atomic mass is 9.83. The predicted molar refractivity (Wildman–Crippen MR) is 192 cm³/mol. The average Bonchev–Trinajstić information content (AvgIpc) is 3.69. The number of fused-ring (bicyclic) bond motifs is 8. The first kappa shape index (κ1) is 25.2. The molecule has 0 N–H and O–H groups in total. The van der Waals surface area contributed by atoms with Crippen LogP contribution in [0.3, 0.4) is 0 Å². The van der Waals surface area contributed by atoms with Gasteiger partial charge in [0.1, 0.15) is 22.3 Å². The normalized spacial score (nSPS) is 11.9. The molecule has 0 saturated carbocycles. The van der Waals surface area contributed by atoms with Crippen molar-refractivity contribution in [2.24, 2.45) is 0 Å². The zero-order valence-corrected chi connectivity index (χ0v) is 24.8. The van der Waals surface area contributed by atoms with Crippen LogP contribution in [-0.2, 0) is 0 Å². The number of hydrogen-bond acceptors (Lipinski definition) is 2. The molecular formula is C44H26O2. The summed E-state index contributed by atoms with van der Waals surface area (Å²) in [6.45, 7) is 0. The van der Waals surface area contributed by atoms with Gasteiger partial charge < -0.3 is 8.83 Å². The van der Waals surface area contributed by atoms with Crippen molar-refractivity contribution in [3.8, 4) is 33.4 Å². The van der Waals surface area contributed by atoms with Crippen LogP contribution in [0.4, 0.5) is 0 Å². The molecule has 0 aliphatic rings. The van der Waals surface area contributed by atoms with Crippen LogP contribution in [0.5, 0.6) is 0 Å². The standard InChI is InChI=1S/C44H26O2/c1-2-15-29(27(13-1)34-21-11-22-35-28-14-7-9-24-38(28)46-44(34)35)41-30-16-3-5-18-32(30)42(33-19-6-4-17-31(33)41)37-23-12-26-40-43(37)36-20-8-10-25-39(36)45-40/h1-26H. The van der Waals surface area contributed by atoms with Crippen molar-refractivity contribution in [2.75, 3.05) is 0 Å². The fourth-order valence-electron chi connectivity index (χ4n) is 7.59. The maximum Gasteiger partial charge on any atom is 0.143 e. The Kier molecular flexibility index (Phi) is 5.31. The van der Waals surface area contributed by atoms with E-state index in [2.05, 4.69) is 146 Å². The van der Waals surface area contributed by atoms with Crippen LogP contribution in [0.15, 0.2) is 167 Å². The molecule has 8 aromatic carbocycles. The highest BCUT2D eigenvalue weighted by Crippen LogP contribution is 2.49. The molecule has 2 heterocycles. The summed E-state index contributed by atoms with van der Waals surface area (Å²) < 4.78 is 12.9. The van der Waals surface area contributed by atoms with E-state index in [9.17, 15) is 0 Å². The Hall–Kier alpha value is -6.12. The SMILES string of the molecule is c1ccc(-c2cccc3c2oc2ccccc23)c(-c2c3ccccc3c(-c3cccc4oc5ccccc5c34)c3ccccc23)c1. The summed E-state index contributed by atoms with van der Waals surface area (Å²) in [6, 6.07) is 56.0. The Morgan fingerprint density at radius 3 is 1.39 bits per heavy atom. The van der Waals surface area contributed by atoms with Gasteiger partial charge in [0.2, 0.25) is 0 Å². The average molecular weight is 587 g/mol. The third kappa shape index (κ3) is 3.53. The highest BCUT2D eigenvalue weighted by molar-refractivity contribution is 6.26. The van der Waals surface area contributed by atoms with Gasteiger partial charge in [0.25, 0.3) is 0 Å². The van der Waals surface area contributed by atoms with Crippen LogP contribution < -0.4 is 0 Å². The number of benzene rings is 8. The Labute approximate surface area is 264 Å². The molecule has 0 aliphatic heterocycles. The molecule has 214 valence electrons. The van der Waals surface area contributed by atoms with Gasteiger partial charge in [-0.1, -0.05) is 140 Å². The van der Waals surface area contributed by atoms with Crippen molar-refractivity contribution in [3.05, 3.63) is 158 Å². The van der Waals surface area contributed by atoms with Crippen LogP contribution in [-0.4, -0.2) is 0 Å². The van der Waals surface area contributed by atoms with Crippen LogP contribution in [0.1, 0.15) is 0 Å². The third-order valence-electron chi connectivity index (χ3n) is 9.49. The molecule has 2 heteroatoms. The number of rotatable bonds is 3. The van der Waals surface area contributed by atoms with E-state index in [-0.39, 0.29) is 0 Å². The van der Waals surface area contributed by atoms with Gasteiger partial charge in [-0.3, -0.25) is 0 Å². The molecule has 10 aromatic rings. The van der Waals surface area contributed by atoms with E-state index in [4.69, 9.17) is 8.83 Å². The number of hydrogen-bond donors (Lipinski definition) is 0. The van der Waals surface area contributed by atoms with Crippen LogP contribution in [0, 0.1) is 0 Å². The summed E-state index contributed by atoms with van der Waals surface area (Å²) in [4.78, 5) is 0. The molecule has 0 radical (unpaired) electrons. The van der Waals surface area contributed by atoms with Gasteiger partial charge in [0.05, 0.1) is 0 Å². The first-order valence-electron chi connectivity index (χ1n) is 15.7. The molecule has 0 aliphatic carbocycles. The second-order valence-corrected chi connectivity index (χ2v) is 11.9. The molecule has 2 aromatic heterocycles. The maximum absolute atomic E-state index is 6.54. The van der Waals surface area contributed by atoms with E-state index in [0.29, 0.717) is 0 Å². The zero-order valence-electron chi connectivity index (χ0n) is 24.8. The minimum absolute atomic E-state index is 0.903. The lowest BCUT2D eigenvalue weighted by molar-refractivity contribution is 0.669. The fourth-order valence-corrected chi connectivity index (χ4v) is 7.59. The largest absolute Gasteiger partial charge is 0.456 e. The lowest BCUT2D eigenvalue weighted by Gasteiger charge is -2.20. The first-order chi connectivity index (χ1) is 22.8. The summed E-state index contributed by atoms with van der Waals surface area (Å²) >= 11 is 0. The van der Waals surface area contributed by atoms with E-state index in [0.717, 1.165) is 55.0 Å². The topological polar surface area (TPSA) is 26.3 Å². The molecule has 0 atom stereocenters. The molecule has 46 heavy (non-hydrogen) atoms. The smallest absolute Gasteiger partial charge is 0.143 e. The van der Waals surface area contributed by atoms with Crippen LogP contribution in [0.2, 0.25) is 0 Å². The van der Waals surface area contributed by atoms with Crippen molar-refractivity contribution < 1.29 is 8.83 Å². The minimum atomic E-state index is 0.903. The Morgan fingerprint density at radius 2 is 0.696 bits per heavy atom. The third-order valence-corrected chi connectivity index (χ3v) is 9.49. The van der Waals surface area contributed by atoms with Crippen molar-refractivity contribution in [2.45, 2.75) is 0 Å². The van der Waals surface area contributed by atoms with Gasteiger partial charge in [0, 0.05) is 27.1 Å². The molecule has 0 saturated heterocycles. The summed E-state index contributed by atoms with van der Waals surface area (Å²) in [5, 5.41) is 9.41. The molecule has 0 bridgehead atoms. The molecular weight excluding hydrogens is 560 g/mol. The monoisotopic (exact) mass is 586 g/mol. The maximum atomic E-state index is 6.54. The molecule has 10 rings (SSSR count). The Morgan fingerprint density at radius 1 is 0.261 bits per heavy atom. The highest BCUT2D eigenvalue weighted by Gasteiger charge is 2.22. The summed E-state index contributed by atoms with van der Waals surface area (Å²) in [7, 11) is 0. The summed E-state index contributed by atoms with van der Waals surface area (Å²) in [6.07, 6.45) is 0. The highest BCUT2D eigenvalue weighted by atomic mass is 16.3. The molecule has 0 fully saturated rings. The minimum Gasteiger partial charge on any atom is -0.456 e. The van der Waals surface area contributed by atoms with E-state index < -0.39 is 0 Å². The van der Waals surface area contributed by atoms with E-state index in [1.807, 2.05) is 12.1 Å². The Bertz CT molecular complexity index is 2750. The van der Waals surface area contributed by atoms with Crippen LogP contribution >= 0.6 is 0 Å². The van der Waals surface area contributed by atoms with Crippen molar-refractivity contribution in [1.82, 2.24) is 0 Å². The molecule has 0 unspecified atom stereocenters. The zero-order chi connectivity index (χ0) is 30.2. The van der Waals surface area contributed by atoms with Crippen molar-refractivity contribution in [1.29, 1.82) is 0 Å². The second-order valence-electron chi connectivity index (χ2n) is 11.9. The van der Waals surface area contributed by atoms with E-state index in [1.165, 1.54) is 43.8 Å². The van der Waals surface area contributed by atoms with E-state index >= 15 is 0 Å². The van der Waals surface area contributed by atoms with Gasteiger partial charge in [-0.25, -0.2) is 0 Å². The first-order valence-corrected chi connectivity index (χ1v) is 15.7.